The van der Waals surface area contributed by atoms with E-state index in [-0.39, 0.29) is 5.92 Å². The van der Waals surface area contributed by atoms with Gasteiger partial charge in [0.2, 0.25) is 0 Å². The van der Waals surface area contributed by atoms with Crippen LogP contribution in [0.3, 0.4) is 0 Å². The van der Waals surface area contributed by atoms with Gasteiger partial charge in [-0.05, 0) is 31.3 Å². The minimum Gasteiger partial charge on any atom is -0.301 e. The summed E-state index contributed by atoms with van der Waals surface area (Å²) in [7, 11) is 2.12. The highest BCUT2D eigenvalue weighted by Crippen LogP contribution is 2.21. The van der Waals surface area contributed by atoms with Crippen molar-refractivity contribution in [1.82, 2.24) is 4.90 Å². The number of Topliss-reactive ketones (excluding diaryl/α,β-unsaturated/α-hetero) is 1. The van der Waals surface area contributed by atoms with Crippen LogP contribution in [0.2, 0.25) is 0 Å². The summed E-state index contributed by atoms with van der Waals surface area (Å²) >= 11 is 1.79. The second kappa shape index (κ2) is 6.31. The van der Waals surface area contributed by atoms with Gasteiger partial charge in [0, 0.05) is 30.3 Å². The van der Waals surface area contributed by atoms with Crippen molar-refractivity contribution >= 4 is 17.1 Å². The number of carbonyl (C=O) groups is 1. The number of rotatable bonds is 4. The van der Waals surface area contributed by atoms with E-state index in [4.69, 9.17) is 0 Å². The lowest BCUT2D eigenvalue weighted by Crippen LogP contribution is -2.29. The Morgan fingerprint density at radius 2 is 2.29 bits per heavy atom. The molecule has 1 saturated carbocycles. The van der Waals surface area contributed by atoms with Gasteiger partial charge in [-0.2, -0.15) is 0 Å². The number of thiophene rings is 1. The van der Waals surface area contributed by atoms with Crippen LogP contribution in [0.25, 0.3) is 0 Å². The molecule has 94 valence electrons. The predicted octanol–water partition coefficient (Wildman–Crippen LogP) is 3.33. The smallest absolute Gasteiger partial charge is 0.137 e. The maximum Gasteiger partial charge on any atom is 0.137 e. The molecule has 0 bridgehead atoms. The first-order valence-electron chi connectivity index (χ1n) is 6.49. The minimum absolute atomic E-state index is 0.280. The third kappa shape index (κ3) is 3.93. The highest BCUT2D eigenvalue weighted by atomic mass is 32.1. The molecule has 1 aromatic rings. The van der Waals surface area contributed by atoms with Gasteiger partial charge in [-0.15, -0.1) is 11.3 Å². The van der Waals surface area contributed by atoms with Gasteiger partial charge in [0.25, 0.3) is 0 Å². The van der Waals surface area contributed by atoms with Crippen molar-refractivity contribution in [2.24, 2.45) is 5.92 Å². The number of ketones is 1. The Hall–Kier alpha value is -0.670. The highest BCUT2D eigenvalue weighted by Gasteiger charge is 2.21. The van der Waals surface area contributed by atoms with E-state index in [0.717, 1.165) is 32.4 Å². The van der Waals surface area contributed by atoms with Crippen LogP contribution in [-0.4, -0.2) is 24.3 Å². The molecule has 1 aliphatic carbocycles. The number of carbonyl (C=O) groups excluding carboxylic acids is 1. The summed E-state index contributed by atoms with van der Waals surface area (Å²) in [4.78, 5) is 15.6. The van der Waals surface area contributed by atoms with E-state index in [1.165, 1.54) is 17.7 Å². The first kappa shape index (κ1) is 12.8. The molecule has 1 unspecified atom stereocenters. The minimum atomic E-state index is 0.280. The lowest BCUT2D eigenvalue weighted by molar-refractivity contribution is -0.123. The van der Waals surface area contributed by atoms with E-state index in [1.54, 1.807) is 11.3 Å². The Bertz CT molecular complexity index is 347. The van der Waals surface area contributed by atoms with E-state index in [1.807, 2.05) is 0 Å². The third-order valence-electron chi connectivity index (χ3n) is 3.47. The fourth-order valence-electron chi connectivity index (χ4n) is 2.53. The molecule has 3 heteroatoms. The van der Waals surface area contributed by atoms with E-state index < -0.39 is 0 Å². The first-order valence-corrected chi connectivity index (χ1v) is 7.37. The van der Waals surface area contributed by atoms with E-state index >= 15 is 0 Å². The third-order valence-corrected chi connectivity index (χ3v) is 4.33. The Morgan fingerprint density at radius 3 is 3.06 bits per heavy atom. The molecule has 0 aromatic carbocycles. The van der Waals surface area contributed by atoms with Crippen molar-refractivity contribution in [2.45, 2.75) is 38.6 Å². The normalized spacial score (nSPS) is 21.8. The topological polar surface area (TPSA) is 20.3 Å². The Labute approximate surface area is 108 Å². The summed E-state index contributed by atoms with van der Waals surface area (Å²) in [6, 6.07) is 4.25. The Balaban J connectivity index is 1.84. The monoisotopic (exact) mass is 251 g/mol. The molecule has 0 spiro atoms. The molecule has 0 amide bonds. The van der Waals surface area contributed by atoms with Crippen LogP contribution in [0.4, 0.5) is 0 Å². The second-order valence-corrected chi connectivity index (χ2v) is 6.07. The zero-order chi connectivity index (χ0) is 12.1. The summed E-state index contributed by atoms with van der Waals surface area (Å²) in [6.07, 6.45) is 5.45. The van der Waals surface area contributed by atoms with Crippen molar-refractivity contribution in [1.29, 1.82) is 0 Å². The standard InChI is InChI=1S/C14H21NOS/c1-15(11-13-7-5-9-17-13)10-12-6-3-2-4-8-14(12)16/h5,7,9,12H,2-4,6,8,10-11H2,1H3. The lowest BCUT2D eigenvalue weighted by atomic mass is 9.98. The van der Waals surface area contributed by atoms with Gasteiger partial charge < -0.3 is 4.90 Å². The average Bonchev–Trinajstić information content (AvgIpc) is 2.71. The summed E-state index contributed by atoms with van der Waals surface area (Å²) in [5.74, 6) is 0.767. The van der Waals surface area contributed by atoms with Crippen LogP contribution in [0, 0.1) is 5.92 Å². The summed E-state index contributed by atoms with van der Waals surface area (Å²) in [6.45, 7) is 1.90. The van der Waals surface area contributed by atoms with Crippen molar-refractivity contribution in [3.63, 3.8) is 0 Å². The van der Waals surface area contributed by atoms with Gasteiger partial charge >= 0.3 is 0 Å². The van der Waals surface area contributed by atoms with Crippen LogP contribution >= 0.6 is 11.3 Å². The van der Waals surface area contributed by atoms with Crippen LogP contribution in [0.15, 0.2) is 17.5 Å². The van der Waals surface area contributed by atoms with E-state index in [2.05, 4.69) is 29.5 Å². The SMILES string of the molecule is CN(Cc1cccs1)CC1CCCCCC1=O. The number of hydrogen-bond acceptors (Lipinski definition) is 3. The average molecular weight is 251 g/mol. The predicted molar refractivity (Wildman–Crippen MR) is 72.2 cm³/mol. The van der Waals surface area contributed by atoms with Crippen LogP contribution in [0.1, 0.15) is 37.0 Å². The quantitative estimate of drug-likeness (QED) is 0.765. The van der Waals surface area contributed by atoms with Gasteiger partial charge in [-0.1, -0.05) is 18.9 Å². The Kier molecular flexibility index (Phi) is 4.75. The zero-order valence-corrected chi connectivity index (χ0v) is 11.3. The van der Waals surface area contributed by atoms with Crippen molar-refractivity contribution in [2.75, 3.05) is 13.6 Å². The van der Waals surface area contributed by atoms with Crippen molar-refractivity contribution < 1.29 is 4.79 Å². The Morgan fingerprint density at radius 1 is 1.41 bits per heavy atom. The molecule has 2 rings (SSSR count). The van der Waals surface area contributed by atoms with Crippen LogP contribution in [-0.2, 0) is 11.3 Å². The summed E-state index contributed by atoms with van der Waals surface area (Å²) in [5.41, 5.74) is 0. The molecule has 17 heavy (non-hydrogen) atoms. The molecular weight excluding hydrogens is 230 g/mol. The molecular formula is C14H21NOS. The zero-order valence-electron chi connectivity index (χ0n) is 10.5. The van der Waals surface area contributed by atoms with Gasteiger partial charge in [0.1, 0.15) is 5.78 Å². The van der Waals surface area contributed by atoms with Crippen molar-refractivity contribution in [3.05, 3.63) is 22.4 Å². The maximum absolute atomic E-state index is 11.9. The van der Waals surface area contributed by atoms with Crippen LogP contribution in [0.5, 0.6) is 0 Å². The van der Waals surface area contributed by atoms with Crippen molar-refractivity contribution in [3.8, 4) is 0 Å². The van der Waals surface area contributed by atoms with Gasteiger partial charge in [-0.25, -0.2) is 0 Å². The molecule has 1 atom stereocenters. The largest absolute Gasteiger partial charge is 0.301 e. The molecule has 1 fully saturated rings. The number of hydrogen-bond donors (Lipinski definition) is 0. The molecule has 1 aromatic heterocycles. The fraction of sp³-hybridized carbons (Fsp3) is 0.643. The van der Waals surface area contributed by atoms with Gasteiger partial charge in [-0.3, -0.25) is 4.79 Å². The summed E-state index contributed by atoms with van der Waals surface area (Å²) in [5, 5.41) is 2.11. The van der Waals surface area contributed by atoms with Gasteiger partial charge in [0.05, 0.1) is 0 Å². The van der Waals surface area contributed by atoms with E-state index in [9.17, 15) is 4.79 Å². The second-order valence-electron chi connectivity index (χ2n) is 5.04. The fourth-order valence-corrected chi connectivity index (χ4v) is 3.32. The van der Waals surface area contributed by atoms with Gasteiger partial charge in [0.15, 0.2) is 0 Å². The number of nitrogens with zero attached hydrogens (tertiary/aromatic N) is 1. The highest BCUT2D eigenvalue weighted by molar-refractivity contribution is 7.09. The molecule has 0 N–H and O–H groups in total. The van der Waals surface area contributed by atoms with Crippen LogP contribution < -0.4 is 0 Å². The molecule has 1 aliphatic rings. The van der Waals surface area contributed by atoms with E-state index in [0.29, 0.717) is 5.78 Å². The summed E-state index contributed by atoms with van der Waals surface area (Å²) < 4.78 is 0. The molecule has 0 aliphatic heterocycles. The molecule has 1 heterocycles. The first-order chi connectivity index (χ1) is 8.25. The maximum atomic E-state index is 11.9. The molecule has 0 saturated heterocycles. The lowest BCUT2D eigenvalue weighted by Gasteiger charge is -2.21. The molecule has 0 radical (unpaired) electrons. The molecule has 2 nitrogen and oxygen atoms in total.